The van der Waals surface area contributed by atoms with Gasteiger partial charge in [-0.15, -0.1) is 0 Å². The molecule has 0 aromatic rings. The zero-order valence-corrected chi connectivity index (χ0v) is 7.58. The van der Waals surface area contributed by atoms with Gasteiger partial charge in [-0.1, -0.05) is 0 Å². The van der Waals surface area contributed by atoms with Crippen LogP contribution in [-0.4, -0.2) is 48.7 Å². The van der Waals surface area contributed by atoms with Crippen LogP contribution in [0.4, 0.5) is 13.2 Å². The molecule has 0 spiro atoms. The van der Waals surface area contributed by atoms with Gasteiger partial charge in [0.05, 0.1) is 0 Å². The molecule has 1 saturated heterocycles. The fourth-order valence-electron chi connectivity index (χ4n) is 1.24. The lowest BCUT2D eigenvalue weighted by Crippen LogP contribution is -2.59. The monoisotopic (exact) mass is 226 g/mol. The first kappa shape index (κ1) is 11.9. The van der Waals surface area contributed by atoms with Gasteiger partial charge >= 0.3 is 6.18 Å². The van der Waals surface area contributed by atoms with Crippen LogP contribution < -0.4 is 5.73 Å². The van der Waals surface area contributed by atoms with Crippen LogP contribution in [0.5, 0.6) is 0 Å². The molecule has 86 valence electrons. The molecule has 1 heterocycles. The summed E-state index contributed by atoms with van der Waals surface area (Å²) in [6.07, 6.45) is -4.71. The third kappa shape index (κ3) is 2.45. The highest BCUT2D eigenvalue weighted by Gasteiger charge is 2.48. The highest BCUT2D eigenvalue weighted by molar-refractivity contribution is 5.98. The van der Waals surface area contributed by atoms with Gasteiger partial charge in [0.1, 0.15) is 19.3 Å². The Kier molecular flexibility index (Phi) is 3.30. The van der Waals surface area contributed by atoms with Crippen LogP contribution in [0.3, 0.4) is 0 Å². The first-order valence-corrected chi connectivity index (χ1v) is 4.07. The summed E-state index contributed by atoms with van der Waals surface area (Å²) in [6, 6.07) is -2.26. The molecule has 15 heavy (non-hydrogen) atoms. The molecule has 0 aromatic carbocycles. The van der Waals surface area contributed by atoms with Crippen LogP contribution in [-0.2, 0) is 14.3 Å². The number of alkyl halides is 3. The Bertz CT molecular complexity index is 263. The predicted octanol–water partition coefficient (Wildman–Crippen LogP) is -0.739. The van der Waals surface area contributed by atoms with E-state index >= 15 is 0 Å². The van der Waals surface area contributed by atoms with Gasteiger partial charge in [0.25, 0.3) is 11.8 Å². The number of carbonyl (C=O) groups excluding carboxylic acids is 2. The number of hydrogen-bond donors (Lipinski definition) is 1. The van der Waals surface area contributed by atoms with E-state index in [0.717, 1.165) is 0 Å². The Labute approximate surface area is 83.0 Å². The Balaban J connectivity index is 2.91. The van der Waals surface area contributed by atoms with E-state index in [-0.39, 0.29) is 4.90 Å². The van der Waals surface area contributed by atoms with Crippen molar-refractivity contribution < 1.29 is 27.5 Å². The summed E-state index contributed by atoms with van der Waals surface area (Å²) in [5.41, 5.74) is 4.91. The number of nitrogens with zero attached hydrogens (tertiary/aromatic N) is 1. The van der Waals surface area contributed by atoms with Gasteiger partial charge in [0.15, 0.2) is 0 Å². The number of halogens is 3. The van der Waals surface area contributed by atoms with Crippen molar-refractivity contribution >= 4 is 11.8 Å². The first-order valence-electron chi connectivity index (χ1n) is 4.07. The smallest absolute Gasteiger partial charge is 0.362 e. The maximum atomic E-state index is 12.4. The molecule has 1 atom stereocenters. The third-order valence-electron chi connectivity index (χ3n) is 1.90. The normalized spacial score (nSPS) is 20.7. The number of carbonyl (C=O) groups is 2. The van der Waals surface area contributed by atoms with Crippen molar-refractivity contribution in [1.82, 2.24) is 4.90 Å². The average molecular weight is 226 g/mol. The Hall–Kier alpha value is -1.15. The molecule has 1 aliphatic rings. The summed E-state index contributed by atoms with van der Waals surface area (Å²) in [4.78, 5) is 22.3. The minimum atomic E-state index is -4.71. The molecule has 2 N–H and O–H groups in total. The number of imide groups is 1. The van der Waals surface area contributed by atoms with Gasteiger partial charge in [0, 0.05) is 6.54 Å². The molecule has 1 fully saturated rings. The van der Waals surface area contributed by atoms with Crippen LogP contribution in [0.2, 0.25) is 0 Å². The lowest BCUT2D eigenvalue weighted by atomic mass is 10.2. The maximum absolute atomic E-state index is 12.4. The zero-order chi connectivity index (χ0) is 11.6. The Morgan fingerprint density at radius 3 is 2.13 bits per heavy atom. The van der Waals surface area contributed by atoms with Gasteiger partial charge in [-0.25, -0.2) is 0 Å². The number of nitrogens with two attached hydrogens (primary N) is 1. The molecule has 8 heteroatoms. The van der Waals surface area contributed by atoms with E-state index < -0.39 is 43.8 Å². The molecule has 1 aliphatic heterocycles. The van der Waals surface area contributed by atoms with Crippen molar-refractivity contribution in [1.29, 1.82) is 0 Å². The van der Waals surface area contributed by atoms with E-state index in [2.05, 4.69) is 4.74 Å². The van der Waals surface area contributed by atoms with Crippen molar-refractivity contribution in [3.63, 3.8) is 0 Å². The highest BCUT2D eigenvalue weighted by Crippen LogP contribution is 2.25. The summed E-state index contributed by atoms with van der Waals surface area (Å²) in [5.74, 6) is -2.03. The second-order valence-electron chi connectivity index (χ2n) is 2.94. The molecule has 1 unspecified atom stereocenters. The summed E-state index contributed by atoms with van der Waals surface area (Å²) in [6.45, 7) is -1.91. The van der Waals surface area contributed by atoms with E-state index in [1.54, 1.807) is 0 Å². The van der Waals surface area contributed by atoms with Gasteiger partial charge in [-0.05, 0) is 0 Å². The Morgan fingerprint density at radius 2 is 1.80 bits per heavy atom. The summed E-state index contributed by atoms with van der Waals surface area (Å²) >= 11 is 0. The SMILES string of the molecule is NCC(N1C(=O)COCC1=O)C(F)(F)F. The van der Waals surface area contributed by atoms with E-state index in [9.17, 15) is 22.8 Å². The highest BCUT2D eigenvalue weighted by atomic mass is 19.4. The van der Waals surface area contributed by atoms with Crippen molar-refractivity contribution in [3.05, 3.63) is 0 Å². The minimum absolute atomic E-state index is 0.128. The maximum Gasteiger partial charge on any atom is 0.410 e. The number of morpholine rings is 1. The molecule has 0 aliphatic carbocycles. The topological polar surface area (TPSA) is 72.6 Å². The minimum Gasteiger partial charge on any atom is -0.362 e. The number of amides is 2. The zero-order valence-electron chi connectivity index (χ0n) is 7.58. The van der Waals surface area contributed by atoms with Gasteiger partial charge in [0.2, 0.25) is 0 Å². The van der Waals surface area contributed by atoms with Crippen molar-refractivity contribution in [2.45, 2.75) is 12.2 Å². The molecular weight excluding hydrogens is 217 g/mol. The third-order valence-corrected chi connectivity index (χ3v) is 1.90. The van der Waals surface area contributed by atoms with E-state index in [1.807, 2.05) is 0 Å². The fraction of sp³-hybridized carbons (Fsp3) is 0.714. The number of rotatable bonds is 2. The molecular formula is C7H9F3N2O3. The number of ether oxygens (including phenoxy) is 1. The van der Waals surface area contributed by atoms with E-state index in [4.69, 9.17) is 5.73 Å². The van der Waals surface area contributed by atoms with Crippen LogP contribution in [0.15, 0.2) is 0 Å². The molecule has 0 aromatic heterocycles. The van der Waals surface area contributed by atoms with Crippen molar-refractivity contribution in [3.8, 4) is 0 Å². The standard InChI is InChI=1S/C7H9F3N2O3/c8-7(9,10)4(1-11)12-5(13)2-15-3-6(12)14/h4H,1-3,11H2. The lowest BCUT2D eigenvalue weighted by Gasteiger charge is -2.32. The van der Waals surface area contributed by atoms with Crippen LogP contribution in [0, 0.1) is 0 Å². The quantitative estimate of drug-likeness (QED) is 0.629. The van der Waals surface area contributed by atoms with Crippen LogP contribution in [0.1, 0.15) is 0 Å². The van der Waals surface area contributed by atoms with Crippen LogP contribution >= 0.6 is 0 Å². The first-order chi connectivity index (χ1) is 6.88. The van der Waals surface area contributed by atoms with Gasteiger partial charge in [-0.3, -0.25) is 14.5 Å². The average Bonchev–Trinajstić information content (AvgIpc) is 2.09. The van der Waals surface area contributed by atoms with Gasteiger partial charge in [-0.2, -0.15) is 13.2 Å². The van der Waals surface area contributed by atoms with Gasteiger partial charge < -0.3 is 10.5 Å². The second kappa shape index (κ2) is 4.15. The molecule has 2 amide bonds. The molecule has 0 saturated carbocycles. The fourth-order valence-corrected chi connectivity index (χ4v) is 1.24. The molecule has 0 radical (unpaired) electrons. The molecule has 5 nitrogen and oxygen atoms in total. The predicted molar refractivity (Wildman–Crippen MR) is 41.6 cm³/mol. The summed E-state index contributed by atoms with van der Waals surface area (Å²) < 4.78 is 41.6. The van der Waals surface area contributed by atoms with E-state index in [1.165, 1.54) is 0 Å². The van der Waals surface area contributed by atoms with Crippen LogP contribution in [0.25, 0.3) is 0 Å². The second-order valence-corrected chi connectivity index (χ2v) is 2.94. The summed E-state index contributed by atoms with van der Waals surface area (Å²) in [5, 5.41) is 0. The summed E-state index contributed by atoms with van der Waals surface area (Å²) in [7, 11) is 0. The van der Waals surface area contributed by atoms with E-state index in [0.29, 0.717) is 0 Å². The molecule has 0 bridgehead atoms. The number of hydrogen-bond acceptors (Lipinski definition) is 4. The van der Waals surface area contributed by atoms with Crippen molar-refractivity contribution in [2.24, 2.45) is 5.73 Å². The molecule has 1 rings (SSSR count). The Morgan fingerprint density at radius 1 is 1.33 bits per heavy atom. The van der Waals surface area contributed by atoms with Crippen molar-refractivity contribution in [2.75, 3.05) is 19.8 Å². The lowest BCUT2D eigenvalue weighted by molar-refractivity contribution is -0.199. The largest absolute Gasteiger partial charge is 0.410 e.